The molecule has 0 aromatic heterocycles. The van der Waals surface area contributed by atoms with Crippen molar-refractivity contribution in [1.82, 2.24) is 0 Å². The number of benzene rings is 1. The van der Waals surface area contributed by atoms with Gasteiger partial charge < -0.3 is 5.73 Å². The first-order valence-corrected chi connectivity index (χ1v) is 7.42. The van der Waals surface area contributed by atoms with E-state index >= 15 is 0 Å². The number of nitrogen functional groups attached to an aromatic ring is 1. The molecule has 0 saturated carbocycles. The van der Waals surface area contributed by atoms with Crippen LogP contribution in [-0.4, -0.2) is 14.2 Å². The first kappa shape index (κ1) is 14.5. The molecule has 1 aromatic carbocycles. The van der Waals surface area contributed by atoms with E-state index < -0.39 is 15.3 Å². The van der Waals surface area contributed by atoms with Gasteiger partial charge in [-0.25, -0.2) is 8.42 Å². The number of hydrogen-bond donors (Lipinski definition) is 1. The van der Waals surface area contributed by atoms with Crippen LogP contribution in [0, 0.1) is 16.7 Å². The summed E-state index contributed by atoms with van der Waals surface area (Å²) in [6.07, 6.45) is 1.03. The topological polar surface area (TPSA) is 84.0 Å². The predicted octanol–water partition coefficient (Wildman–Crippen LogP) is 2.37. The van der Waals surface area contributed by atoms with Crippen molar-refractivity contribution in [2.24, 2.45) is 5.41 Å². The molecule has 0 heterocycles. The molecule has 0 amide bonds. The van der Waals surface area contributed by atoms with Gasteiger partial charge in [-0.1, -0.05) is 6.07 Å². The van der Waals surface area contributed by atoms with Crippen molar-refractivity contribution in [3.63, 3.8) is 0 Å². The molecule has 0 atom stereocenters. The fourth-order valence-corrected chi connectivity index (χ4v) is 2.95. The van der Waals surface area contributed by atoms with Crippen LogP contribution in [0.15, 0.2) is 29.2 Å². The van der Waals surface area contributed by atoms with Gasteiger partial charge in [-0.15, -0.1) is 0 Å². The van der Waals surface area contributed by atoms with Gasteiger partial charge in [0.05, 0.1) is 22.1 Å². The molecule has 0 spiro atoms. The number of nitrogens with zero attached hydrogens (tertiary/aromatic N) is 1. The Hall–Kier alpha value is -1.54. The van der Waals surface area contributed by atoms with Gasteiger partial charge in [-0.3, -0.25) is 0 Å². The largest absolute Gasteiger partial charge is 0.399 e. The summed E-state index contributed by atoms with van der Waals surface area (Å²) in [5.41, 5.74) is 5.52. The first-order chi connectivity index (χ1) is 8.27. The smallest absolute Gasteiger partial charge is 0.178 e. The predicted molar refractivity (Wildman–Crippen MR) is 71.5 cm³/mol. The maximum absolute atomic E-state index is 12.0. The van der Waals surface area contributed by atoms with Crippen LogP contribution >= 0.6 is 0 Å². The molecule has 98 valence electrons. The minimum atomic E-state index is -3.30. The monoisotopic (exact) mass is 266 g/mol. The van der Waals surface area contributed by atoms with Gasteiger partial charge in [0, 0.05) is 5.69 Å². The first-order valence-electron chi connectivity index (χ1n) is 5.76. The van der Waals surface area contributed by atoms with Crippen LogP contribution in [0.4, 0.5) is 5.69 Å². The molecule has 0 aliphatic rings. The molecule has 0 unspecified atom stereocenters. The summed E-state index contributed by atoms with van der Waals surface area (Å²) in [4.78, 5) is 0.247. The van der Waals surface area contributed by atoms with Crippen LogP contribution < -0.4 is 5.73 Å². The second kappa shape index (κ2) is 5.40. The van der Waals surface area contributed by atoms with Crippen LogP contribution in [0.5, 0.6) is 0 Å². The Morgan fingerprint density at radius 1 is 1.39 bits per heavy atom. The Morgan fingerprint density at radius 3 is 2.61 bits per heavy atom. The second-order valence-electron chi connectivity index (χ2n) is 4.99. The van der Waals surface area contributed by atoms with Gasteiger partial charge in [-0.05, 0) is 44.9 Å². The normalized spacial score (nSPS) is 12.1. The van der Waals surface area contributed by atoms with E-state index in [2.05, 4.69) is 6.07 Å². The molecule has 0 saturated heterocycles. The van der Waals surface area contributed by atoms with Crippen LogP contribution in [0.1, 0.15) is 26.7 Å². The summed E-state index contributed by atoms with van der Waals surface area (Å²) in [5, 5.41) is 8.86. The van der Waals surface area contributed by atoms with E-state index in [1.807, 2.05) is 0 Å². The Balaban J connectivity index is 2.70. The molecule has 1 rings (SSSR count). The van der Waals surface area contributed by atoms with Crippen molar-refractivity contribution in [1.29, 1.82) is 5.26 Å². The lowest BCUT2D eigenvalue weighted by Crippen LogP contribution is -2.13. The average molecular weight is 266 g/mol. The fourth-order valence-electron chi connectivity index (χ4n) is 1.59. The van der Waals surface area contributed by atoms with Crippen molar-refractivity contribution in [3.05, 3.63) is 24.3 Å². The maximum atomic E-state index is 12.0. The van der Waals surface area contributed by atoms with E-state index in [0.717, 1.165) is 0 Å². The zero-order valence-electron chi connectivity index (χ0n) is 10.7. The maximum Gasteiger partial charge on any atom is 0.178 e. The number of sulfone groups is 1. The summed E-state index contributed by atoms with van der Waals surface area (Å²) >= 11 is 0. The van der Waals surface area contributed by atoms with E-state index in [9.17, 15) is 8.42 Å². The molecule has 0 radical (unpaired) electrons. The third-order valence-corrected chi connectivity index (χ3v) is 4.53. The van der Waals surface area contributed by atoms with Gasteiger partial charge in [-0.2, -0.15) is 5.26 Å². The van der Waals surface area contributed by atoms with Crippen molar-refractivity contribution in [2.75, 3.05) is 11.5 Å². The third-order valence-electron chi connectivity index (χ3n) is 2.73. The number of nitriles is 1. The number of anilines is 1. The molecule has 0 aliphatic carbocycles. The second-order valence-corrected chi connectivity index (χ2v) is 7.10. The van der Waals surface area contributed by atoms with Crippen LogP contribution in [0.3, 0.4) is 0 Å². The average Bonchev–Trinajstić information content (AvgIpc) is 2.28. The Labute approximate surface area is 108 Å². The van der Waals surface area contributed by atoms with Crippen LogP contribution in [0.25, 0.3) is 0 Å². The Kier molecular flexibility index (Phi) is 4.36. The minimum absolute atomic E-state index is 0.0432. The highest BCUT2D eigenvalue weighted by Gasteiger charge is 2.19. The van der Waals surface area contributed by atoms with Gasteiger partial charge in [0.15, 0.2) is 9.84 Å². The van der Waals surface area contributed by atoms with Gasteiger partial charge in [0.2, 0.25) is 0 Å². The molecule has 0 aliphatic heterocycles. The minimum Gasteiger partial charge on any atom is -0.399 e. The molecule has 18 heavy (non-hydrogen) atoms. The standard InChI is InChI=1S/C13H18N2O2S/c1-13(2,10-14)7-4-8-18(16,17)12-6-3-5-11(15)9-12/h3,5-6,9H,4,7-8,15H2,1-2H3. The van der Waals surface area contributed by atoms with Crippen molar-refractivity contribution in [2.45, 2.75) is 31.6 Å². The highest BCUT2D eigenvalue weighted by Crippen LogP contribution is 2.23. The molecule has 0 fully saturated rings. The van der Waals surface area contributed by atoms with Crippen molar-refractivity contribution >= 4 is 15.5 Å². The SMILES string of the molecule is CC(C)(C#N)CCCS(=O)(=O)c1cccc(N)c1. The molecule has 0 bridgehead atoms. The molecule has 4 nitrogen and oxygen atoms in total. The number of nitrogens with two attached hydrogens (primary N) is 1. The van der Waals surface area contributed by atoms with Gasteiger partial charge in [0.1, 0.15) is 0 Å². The molecule has 1 aromatic rings. The lowest BCUT2D eigenvalue weighted by atomic mass is 9.90. The highest BCUT2D eigenvalue weighted by atomic mass is 32.2. The summed E-state index contributed by atoms with van der Waals surface area (Å²) in [7, 11) is -3.30. The van der Waals surface area contributed by atoms with E-state index in [0.29, 0.717) is 18.5 Å². The summed E-state index contributed by atoms with van der Waals surface area (Å²) in [6, 6.07) is 8.44. The summed E-state index contributed by atoms with van der Waals surface area (Å²) < 4.78 is 24.0. The molecule has 2 N–H and O–H groups in total. The number of hydrogen-bond acceptors (Lipinski definition) is 4. The van der Waals surface area contributed by atoms with Crippen LogP contribution in [-0.2, 0) is 9.84 Å². The van der Waals surface area contributed by atoms with Crippen molar-refractivity contribution < 1.29 is 8.42 Å². The zero-order valence-corrected chi connectivity index (χ0v) is 11.5. The Bertz CT molecular complexity index is 557. The van der Waals surface area contributed by atoms with E-state index in [-0.39, 0.29) is 10.6 Å². The van der Waals surface area contributed by atoms with Gasteiger partial charge in [0.25, 0.3) is 0 Å². The van der Waals surface area contributed by atoms with Gasteiger partial charge >= 0.3 is 0 Å². The van der Waals surface area contributed by atoms with E-state index in [1.54, 1.807) is 32.0 Å². The molecule has 5 heteroatoms. The van der Waals surface area contributed by atoms with E-state index in [1.165, 1.54) is 6.07 Å². The highest BCUT2D eigenvalue weighted by molar-refractivity contribution is 7.91. The van der Waals surface area contributed by atoms with E-state index in [4.69, 9.17) is 11.0 Å². The summed E-state index contributed by atoms with van der Waals surface area (Å²) in [6.45, 7) is 3.61. The van der Waals surface area contributed by atoms with Crippen molar-refractivity contribution in [3.8, 4) is 6.07 Å². The summed E-state index contributed by atoms with van der Waals surface area (Å²) in [5.74, 6) is 0.0432. The lowest BCUT2D eigenvalue weighted by Gasteiger charge is -2.14. The molecular weight excluding hydrogens is 248 g/mol. The quantitative estimate of drug-likeness (QED) is 0.829. The fraction of sp³-hybridized carbons (Fsp3) is 0.462. The van der Waals surface area contributed by atoms with Crippen LogP contribution in [0.2, 0.25) is 0 Å². The zero-order chi connectivity index (χ0) is 13.8. The lowest BCUT2D eigenvalue weighted by molar-refractivity contribution is 0.445. The molecular formula is C13H18N2O2S. The Morgan fingerprint density at radius 2 is 2.06 bits per heavy atom. The third kappa shape index (κ3) is 4.04. The number of rotatable bonds is 5.